The number of nitrogens with zero attached hydrogens (tertiary/aromatic N) is 6. The lowest BCUT2D eigenvalue weighted by atomic mass is 9.89. The molecule has 4 aromatic heterocycles. The summed E-state index contributed by atoms with van der Waals surface area (Å²) in [7, 11) is 1.86. The summed E-state index contributed by atoms with van der Waals surface area (Å²) in [6.45, 7) is 7.31. The molecule has 10 nitrogen and oxygen atoms in total. The van der Waals surface area contributed by atoms with Gasteiger partial charge in [0.25, 0.3) is 5.91 Å². The summed E-state index contributed by atoms with van der Waals surface area (Å²) in [6.07, 6.45) is 9.82. The van der Waals surface area contributed by atoms with E-state index in [4.69, 9.17) is 0 Å². The van der Waals surface area contributed by atoms with Crippen molar-refractivity contribution in [3.8, 4) is 10.4 Å². The van der Waals surface area contributed by atoms with Gasteiger partial charge in [-0.05, 0) is 33.3 Å². The Morgan fingerprint density at radius 3 is 2.65 bits per heavy atom. The topological polar surface area (TPSA) is 109 Å². The SMILES string of the molecule is Cc1ncc(NC(=O)CN2CCC2(C)C)cc1NC(=O)c1cnn2cc(-c3cnn(C)c3)sc12. The minimum Gasteiger partial charge on any atom is -0.324 e. The third-order valence-corrected chi connectivity index (χ3v) is 7.39. The van der Waals surface area contributed by atoms with Crippen molar-refractivity contribution in [2.24, 2.45) is 7.05 Å². The second-order valence-electron chi connectivity index (χ2n) is 9.15. The van der Waals surface area contributed by atoms with Crippen molar-refractivity contribution in [2.75, 3.05) is 23.7 Å². The number of hydrogen-bond donors (Lipinski definition) is 2. The van der Waals surface area contributed by atoms with Gasteiger partial charge in [-0.15, -0.1) is 11.3 Å². The number of aromatic nitrogens is 5. The first-order valence-corrected chi connectivity index (χ1v) is 11.8. The van der Waals surface area contributed by atoms with E-state index in [-0.39, 0.29) is 17.4 Å². The van der Waals surface area contributed by atoms with Crippen LogP contribution >= 0.6 is 11.3 Å². The molecular weight excluding hydrogens is 452 g/mol. The summed E-state index contributed by atoms with van der Waals surface area (Å²) in [5, 5.41) is 14.3. The number of carbonyl (C=O) groups excluding carboxylic acids is 2. The van der Waals surface area contributed by atoms with Gasteiger partial charge in [-0.2, -0.15) is 10.2 Å². The van der Waals surface area contributed by atoms with Gasteiger partial charge in [-0.3, -0.25) is 24.2 Å². The second kappa shape index (κ2) is 8.33. The fraction of sp³-hybridized carbons (Fsp3) is 0.348. The van der Waals surface area contributed by atoms with Gasteiger partial charge in [0.15, 0.2) is 0 Å². The van der Waals surface area contributed by atoms with Crippen molar-refractivity contribution in [2.45, 2.75) is 32.7 Å². The van der Waals surface area contributed by atoms with Crippen LogP contribution in [0.4, 0.5) is 11.4 Å². The van der Waals surface area contributed by atoms with Crippen LogP contribution < -0.4 is 10.6 Å². The maximum atomic E-state index is 13.1. The van der Waals surface area contributed by atoms with Crippen LogP contribution in [-0.2, 0) is 11.8 Å². The first-order chi connectivity index (χ1) is 16.2. The number of amides is 2. The predicted octanol–water partition coefficient (Wildman–Crippen LogP) is 3.17. The highest BCUT2D eigenvalue weighted by Crippen LogP contribution is 2.31. The summed E-state index contributed by atoms with van der Waals surface area (Å²) in [5.41, 5.74) is 3.22. The van der Waals surface area contributed by atoms with Crippen LogP contribution in [0, 0.1) is 6.92 Å². The number of aryl methyl sites for hydroxylation is 2. The summed E-state index contributed by atoms with van der Waals surface area (Å²) < 4.78 is 3.43. The highest BCUT2D eigenvalue weighted by Gasteiger charge is 2.36. The van der Waals surface area contributed by atoms with Crippen LogP contribution in [0.1, 0.15) is 36.3 Å². The molecular formula is C23H26N8O2S. The van der Waals surface area contributed by atoms with Crippen molar-refractivity contribution < 1.29 is 9.59 Å². The smallest absolute Gasteiger partial charge is 0.260 e. The molecule has 0 unspecified atom stereocenters. The molecule has 1 aliphatic rings. The third-order valence-electron chi connectivity index (χ3n) is 6.23. The molecule has 2 amide bonds. The predicted molar refractivity (Wildman–Crippen MR) is 131 cm³/mol. The minimum absolute atomic E-state index is 0.0532. The summed E-state index contributed by atoms with van der Waals surface area (Å²) in [6, 6.07) is 1.73. The molecule has 1 fully saturated rings. The van der Waals surface area contributed by atoms with Gasteiger partial charge >= 0.3 is 0 Å². The zero-order valence-corrected chi connectivity index (χ0v) is 20.3. The molecule has 1 saturated heterocycles. The Morgan fingerprint density at radius 1 is 1.15 bits per heavy atom. The first-order valence-electron chi connectivity index (χ1n) is 11.0. The molecule has 0 aliphatic carbocycles. The minimum atomic E-state index is -0.287. The van der Waals surface area contributed by atoms with Gasteiger partial charge in [0, 0.05) is 37.1 Å². The van der Waals surface area contributed by atoms with Crippen LogP contribution in [0.3, 0.4) is 0 Å². The van der Waals surface area contributed by atoms with Crippen LogP contribution in [0.25, 0.3) is 15.3 Å². The maximum Gasteiger partial charge on any atom is 0.260 e. The number of nitrogens with one attached hydrogen (secondary N) is 2. The number of hydrogen-bond acceptors (Lipinski definition) is 7. The van der Waals surface area contributed by atoms with E-state index in [0.717, 1.165) is 28.2 Å². The molecule has 5 rings (SSSR count). The van der Waals surface area contributed by atoms with Gasteiger partial charge in [-0.1, -0.05) is 0 Å². The summed E-state index contributed by atoms with van der Waals surface area (Å²) >= 11 is 1.47. The van der Waals surface area contributed by atoms with E-state index in [2.05, 4.69) is 44.6 Å². The molecule has 1 aliphatic heterocycles. The van der Waals surface area contributed by atoms with Gasteiger partial charge in [-0.25, -0.2) is 4.52 Å². The van der Waals surface area contributed by atoms with E-state index in [1.54, 1.807) is 33.9 Å². The van der Waals surface area contributed by atoms with E-state index in [1.807, 2.05) is 26.4 Å². The zero-order chi connectivity index (χ0) is 24.0. The molecule has 0 atom stereocenters. The Labute approximate surface area is 200 Å². The highest BCUT2D eigenvalue weighted by molar-refractivity contribution is 7.21. The van der Waals surface area contributed by atoms with Crippen molar-refractivity contribution in [1.82, 2.24) is 29.3 Å². The number of carbonyl (C=O) groups is 2. The fourth-order valence-corrected chi connectivity index (χ4v) is 4.96. The second-order valence-corrected chi connectivity index (χ2v) is 10.2. The molecule has 11 heteroatoms. The zero-order valence-electron chi connectivity index (χ0n) is 19.5. The Bertz CT molecular complexity index is 1400. The van der Waals surface area contributed by atoms with Gasteiger partial charge < -0.3 is 10.6 Å². The molecule has 176 valence electrons. The average molecular weight is 479 g/mol. The van der Waals surface area contributed by atoms with E-state index < -0.39 is 0 Å². The van der Waals surface area contributed by atoms with Gasteiger partial charge in [0.05, 0.1) is 52.6 Å². The van der Waals surface area contributed by atoms with E-state index >= 15 is 0 Å². The summed E-state index contributed by atoms with van der Waals surface area (Å²) in [5.74, 6) is -0.388. The first kappa shape index (κ1) is 22.2. The number of likely N-dealkylation sites (tertiary alicyclic amines) is 1. The number of thiazole rings is 1. The summed E-state index contributed by atoms with van der Waals surface area (Å²) in [4.78, 5) is 33.8. The van der Waals surface area contributed by atoms with Crippen LogP contribution in [0.5, 0.6) is 0 Å². The normalized spacial score (nSPS) is 15.3. The van der Waals surface area contributed by atoms with E-state index in [9.17, 15) is 9.59 Å². The lowest BCUT2D eigenvalue weighted by Crippen LogP contribution is -2.57. The lowest BCUT2D eigenvalue weighted by molar-refractivity contribution is -0.121. The third kappa shape index (κ3) is 4.19. The van der Waals surface area contributed by atoms with Crippen LogP contribution in [-0.4, -0.2) is 59.7 Å². The van der Waals surface area contributed by atoms with Crippen molar-refractivity contribution in [3.63, 3.8) is 0 Å². The standard InChI is InChI=1S/C23H26N8O2S/c1-14-18(7-16(9-24-14)27-20(32)13-30-6-5-23(30,2)3)28-21(33)17-10-26-31-12-19(34-22(17)31)15-8-25-29(4)11-15/h7-12H,5-6,13H2,1-4H3,(H,27,32)(H,28,33). The number of pyridine rings is 1. The molecule has 0 saturated carbocycles. The average Bonchev–Trinajstić information content (AvgIpc) is 3.49. The fourth-order valence-electron chi connectivity index (χ4n) is 3.93. The molecule has 0 radical (unpaired) electrons. The van der Waals surface area contributed by atoms with Crippen LogP contribution in [0.2, 0.25) is 0 Å². The Morgan fingerprint density at radius 2 is 1.97 bits per heavy atom. The Hall–Kier alpha value is -3.57. The molecule has 2 N–H and O–H groups in total. The van der Waals surface area contributed by atoms with Crippen molar-refractivity contribution in [1.29, 1.82) is 0 Å². The van der Waals surface area contributed by atoms with E-state index in [0.29, 0.717) is 29.2 Å². The maximum absolute atomic E-state index is 13.1. The largest absolute Gasteiger partial charge is 0.324 e. The monoisotopic (exact) mass is 478 g/mol. The molecule has 4 aromatic rings. The molecule has 34 heavy (non-hydrogen) atoms. The number of anilines is 2. The number of fused-ring (bicyclic) bond motifs is 1. The van der Waals surface area contributed by atoms with Gasteiger partial charge in [0.1, 0.15) is 4.83 Å². The molecule has 0 aromatic carbocycles. The highest BCUT2D eigenvalue weighted by atomic mass is 32.1. The molecule has 5 heterocycles. The van der Waals surface area contributed by atoms with Gasteiger partial charge in [0.2, 0.25) is 5.91 Å². The van der Waals surface area contributed by atoms with Crippen LogP contribution in [0.15, 0.2) is 37.1 Å². The quantitative estimate of drug-likeness (QED) is 0.441. The Balaban J connectivity index is 1.31. The Kier molecular flexibility index (Phi) is 5.45. The van der Waals surface area contributed by atoms with Crippen molar-refractivity contribution in [3.05, 3.63) is 48.3 Å². The van der Waals surface area contributed by atoms with Crippen molar-refractivity contribution >= 4 is 39.4 Å². The molecule has 0 spiro atoms. The lowest BCUT2D eigenvalue weighted by Gasteiger charge is -2.48. The number of rotatable bonds is 6. The van der Waals surface area contributed by atoms with E-state index in [1.165, 1.54) is 11.3 Å². The molecule has 0 bridgehead atoms.